The molecule has 108 valence electrons. The van der Waals surface area contributed by atoms with E-state index in [1.54, 1.807) is 0 Å². The van der Waals surface area contributed by atoms with Gasteiger partial charge in [0.1, 0.15) is 0 Å². The number of para-hydroxylation sites is 1. The van der Waals surface area contributed by atoms with Gasteiger partial charge in [0.15, 0.2) is 0 Å². The number of fused-ring (bicyclic) bond motifs is 1. The van der Waals surface area contributed by atoms with Crippen LogP contribution in [0, 0.1) is 17.8 Å². The molecule has 0 aromatic heterocycles. The zero-order valence-corrected chi connectivity index (χ0v) is 12.2. The number of hydrogen-bond donors (Lipinski definition) is 2. The van der Waals surface area contributed by atoms with E-state index in [-0.39, 0.29) is 11.8 Å². The highest BCUT2D eigenvalue weighted by Gasteiger charge is 2.54. The van der Waals surface area contributed by atoms with Gasteiger partial charge in [0.2, 0.25) is 5.91 Å². The molecule has 20 heavy (non-hydrogen) atoms. The summed E-state index contributed by atoms with van der Waals surface area (Å²) in [5.41, 5.74) is 2.15. The molecule has 3 nitrogen and oxygen atoms in total. The Bertz CT molecular complexity index is 474. The first kappa shape index (κ1) is 13.6. The lowest BCUT2D eigenvalue weighted by atomic mass is 10.0. The monoisotopic (exact) mass is 272 g/mol. The van der Waals surface area contributed by atoms with Gasteiger partial charge in [-0.25, -0.2) is 0 Å². The molecule has 1 aromatic carbocycles. The van der Waals surface area contributed by atoms with Gasteiger partial charge < -0.3 is 10.6 Å². The lowest BCUT2D eigenvalue weighted by Crippen LogP contribution is -2.19. The third-order valence-electron chi connectivity index (χ3n) is 4.80. The highest BCUT2D eigenvalue weighted by Crippen LogP contribution is 2.55. The van der Waals surface area contributed by atoms with Crippen molar-refractivity contribution in [2.75, 3.05) is 11.9 Å². The number of amides is 1. The Labute approximate surface area is 121 Å². The minimum Gasteiger partial charge on any atom is -0.326 e. The molecule has 0 bridgehead atoms. The smallest absolute Gasteiger partial charge is 0.228 e. The van der Waals surface area contributed by atoms with E-state index >= 15 is 0 Å². The second-order valence-corrected chi connectivity index (χ2v) is 6.06. The normalized spacial score (nSPS) is 27.8. The number of nitrogens with one attached hydrogen (secondary N) is 2. The fraction of sp³-hybridized carbons (Fsp3) is 0.588. The van der Waals surface area contributed by atoms with Crippen molar-refractivity contribution in [3.63, 3.8) is 0 Å². The minimum atomic E-state index is 0.242. The first-order chi connectivity index (χ1) is 9.81. The second-order valence-electron chi connectivity index (χ2n) is 6.06. The summed E-state index contributed by atoms with van der Waals surface area (Å²) in [7, 11) is 0. The molecule has 1 aromatic rings. The summed E-state index contributed by atoms with van der Waals surface area (Å²) in [6.07, 6.45) is 5.12. The number of carbonyl (C=O) groups is 1. The maximum absolute atomic E-state index is 12.4. The van der Waals surface area contributed by atoms with Gasteiger partial charge in [0.25, 0.3) is 0 Å². The van der Waals surface area contributed by atoms with Crippen LogP contribution in [0.15, 0.2) is 24.3 Å². The van der Waals surface area contributed by atoms with E-state index in [1.807, 2.05) is 18.2 Å². The maximum atomic E-state index is 12.4. The molecule has 1 amide bonds. The lowest BCUT2D eigenvalue weighted by molar-refractivity contribution is -0.117. The first-order valence-electron chi connectivity index (χ1n) is 7.90. The van der Waals surface area contributed by atoms with E-state index in [4.69, 9.17) is 0 Å². The van der Waals surface area contributed by atoms with Crippen molar-refractivity contribution in [2.45, 2.75) is 39.2 Å². The molecule has 2 unspecified atom stereocenters. The summed E-state index contributed by atoms with van der Waals surface area (Å²) in [6, 6.07) is 8.11. The molecule has 2 aliphatic rings. The quantitative estimate of drug-likeness (QED) is 0.864. The molecule has 2 aliphatic carbocycles. The van der Waals surface area contributed by atoms with Crippen molar-refractivity contribution in [2.24, 2.45) is 17.8 Å². The van der Waals surface area contributed by atoms with Crippen LogP contribution in [-0.4, -0.2) is 12.5 Å². The Hall–Kier alpha value is -1.35. The van der Waals surface area contributed by atoms with E-state index in [0.29, 0.717) is 11.8 Å². The summed E-state index contributed by atoms with van der Waals surface area (Å²) in [5, 5.41) is 6.48. The molecule has 2 N–H and O–H groups in total. The summed E-state index contributed by atoms with van der Waals surface area (Å²) < 4.78 is 0. The third kappa shape index (κ3) is 2.73. The summed E-state index contributed by atoms with van der Waals surface area (Å²) in [4.78, 5) is 12.4. The van der Waals surface area contributed by atoms with Crippen LogP contribution < -0.4 is 10.6 Å². The van der Waals surface area contributed by atoms with Gasteiger partial charge in [-0.3, -0.25) is 4.79 Å². The van der Waals surface area contributed by atoms with E-state index in [1.165, 1.54) is 31.2 Å². The van der Waals surface area contributed by atoms with E-state index < -0.39 is 0 Å². The molecule has 3 rings (SSSR count). The van der Waals surface area contributed by atoms with Crippen LogP contribution in [0.1, 0.15) is 38.2 Å². The summed E-state index contributed by atoms with van der Waals surface area (Å²) in [5.74, 6) is 1.87. The Morgan fingerprint density at radius 2 is 1.90 bits per heavy atom. The van der Waals surface area contributed by atoms with Crippen molar-refractivity contribution in [1.29, 1.82) is 0 Å². The first-order valence-corrected chi connectivity index (χ1v) is 7.90. The van der Waals surface area contributed by atoms with Crippen LogP contribution in [0.25, 0.3) is 0 Å². The molecule has 3 heteroatoms. The van der Waals surface area contributed by atoms with Gasteiger partial charge in [-0.1, -0.05) is 38.0 Å². The number of rotatable bonds is 5. The zero-order valence-electron chi connectivity index (χ0n) is 12.2. The molecule has 2 atom stereocenters. The second kappa shape index (κ2) is 5.96. The highest BCUT2D eigenvalue weighted by atomic mass is 16.2. The average Bonchev–Trinajstić information content (AvgIpc) is 3.21. The van der Waals surface area contributed by atoms with Gasteiger partial charge >= 0.3 is 0 Å². The Morgan fingerprint density at radius 1 is 1.20 bits per heavy atom. The molecular formula is C17H24N2O. The molecule has 0 radical (unpaired) electrons. The number of carbonyl (C=O) groups excluding carboxylic acids is 1. The third-order valence-corrected chi connectivity index (χ3v) is 4.80. The van der Waals surface area contributed by atoms with Crippen LogP contribution in [0.5, 0.6) is 0 Å². The molecule has 0 heterocycles. The van der Waals surface area contributed by atoms with Gasteiger partial charge in [0.05, 0.1) is 0 Å². The van der Waals surface area contributed by atoms with Crippen LogP contribution in [0.3, 0.4) is 0 Å². The number of hydrogen-bond acceptors (Lipinski definition) is 2. The van der Waals surface area contributed by atoms with Crippen LogP contribution in [0.2, 0.25) is 0 Å². The highest BCUT2D eigenvalue weighted by molar-refractivity contribution is 5.95. The van der Waals surface area contributed by atoms with Gasteiger partial charge in [0, 0.05) is 18.2 Å². The van der Waals surface area contributed by atoms with Gasteiger partial charge in [-0.2, -0.15) is 0 Å². The molecule has 2 saturated carbocycles. The Balaban J connectivity index is 1.64. The average molecular weight is 272 g/mol. The minimum absolute atomic E-state index is 0.242. The van der Waals surface area contributed by atoms with Crippen LogP contribution in [-0.2, 0) is 11.3 Å². The standard InChI is InChI=1S/C17H24N2O/c1-2-18-11-12-7-3-6-10-15(12)19-17(20)16-13-8-4-5-9-14(13)16/h3,6-7,10,13-14,16,18H,2,4-5,8-9,11H2,1H3,(H,19,20). The molecular weight excluding hydrogens is 248 g/mol. The predicted molar refractivity (Wildman–Crippen MR) is 81.4 cm³/mol. The van der Waals surface area contributed by atoms with Gasteiger partial charge in [-0.05, 0) is 42.9 Å². The van der Waals surface area contributed by atoms with Crippen molar-refractivity contribution < 1.29 is 4.79 Å². The fourth-order valence-corrected chi connectivity index (χ4v) is 3.65. The fourth-order valence-electron chi connectivity index (χ4n) is 3.65. The van der Waals surface area contributed by atoms with Gasteiger partial charge in [-0.15, -0.1) is 0 Å². The molecule has 0 aliphatic heterocycles. The number of anilines is 1. The van der Waals surface area contributed by atoms with E-state index in [0.717, 1.165) is 18.8 Å². The number of benzene rings is 1. The Kier molecular flexibility index (Phi) is 4.06. The van der Waals surface area contributed by atoms with E-state index in [9.17, 15) is 4.79 Å². The Morgan fingerprint density at radius 3 is 2.60 bits per heavy atom. The van der Waals surface area contributed by atoms with E-state index in [2.05, 4.69) is 23.6 Å². The largest absolute Gasteiger partial charge is 0.326 e. The zero-order chi connectivity index (χ0) is 13.9. The van der Waals surface area contributed by atoms with Crippen LogP contribution >= 0.6 is 0 Å². The summed E-state index contributed by atoms with van der Waals surface area (Å²) >= 11 is 0. The maximum Gasteiger partial charge on any atom is 0.228 e. The topological polar surface area (TPSA) is 41.1 Å². The molecule has 0 spiro atoms. The lowest BCUT2D eigenvalue weighted by Gasteiger charge is -2.11. The van der Waals surface area contributed by atoms with Crippen molar-refractivity contribution in [1.82, 2.24) is 5.32 Å². The SMILES string of the molecule is CCNCc1ccccc1NC(=O)C1C2CCCCC21. The van der Waals surface area contributed by atoms with Crippen molar-refractivity contribution in [3.8, 4) is 0 Å². The predicted octanol–water partition coefficient (Wildman–Crippen LogP) is 3.17. The van der Waals surface area contributed by atoms with Crippen molar-refractivity contribution >= 4 is 11.6 Å². The molecule has 2 fully saturated rings. The van der Waals surface area contributed by atoms with Crippen molar-refractivity contribution in [3.05, 3.63) is 29.8 Å². The molecule has 0 saturated heterocycles. The summed E-state index contributed by atoms with van der Waals surface area (Å²) in [6.45, 7) is 3.84. The van der Waals surface area contributed by atoms with Crippen LogP contribution in [0.4, 0.5) is 5.69 Å².